The Kier molecular flexibility index (Phi) is 8.12. The van der Waals surface area contributed by atoms with Crippen LogP contribution in [0.2, 0.25) is 0 Å². The highest BCUT2D eigenvalue weighted by Crippen LogP contribution is 2.25. The van der Waals surface area contributed by atoms with Gasteiger partial charge in [-0.15, -0.1) is 0 Å². The summed E-state index contributed by atoms with van der Waals surface area (Å²) in [7, 11) is 0. The Morgan fingerprint density at radius 2 is 1.86 bits per heavy atom. The van der Waals surface area contributed by atoms with E-state index in [1.165, 1.54) is 30.4 Å². The molecule has 29 heavy (non-hydrogen) atoms. The number of aryl methyl sites for hydroxylation is 1. The Bertz CT molecular complexity index is 767. The smallest absolute Gasteiger partial charge is 0.251 e. The molecule has 1 atom stereocenters. The molecular formula is C25H34N2O2. The fourth-order valence-corrected chi connectivity index (χ4v) is 3.83. The summed E-state index contributed by atoms with van der Waals surface area (Å²) in [5.41, 5.74) is 3.19. The van der Waals surface area contributed by atoms with E-state index in [2.05, 4.69) is 48.3 Å². The van der Waals surface area contributed by atoms with Crippen LogP contribution < -0.4 is 10.1 Å². The maximum absolute atomic E-state index is 12.8. The summed E-state index contributed by atoms with van der Waals surface area (Å²) < 4.78 is 5.75. The Labute approximate surface area is 175 Å². The average molecular weight is 395 g/mol. The average Bonchev–Trinajstić information content (AvgIpc) is 2.76. The first kappa shape index (κ1) is 21.4. The minimum Gasteiger partial charge on any atom is -0.494 e. The van der Waals surface area contributed by atoms with E-state index < -0.39 is 0 Å². The monoisotopic (exact) mass is 394 g/mol. The number of nitrogens with one attached hydrogen (secondary N) is 1. The van der Waals surface area contributed by atoms with Crippen molar-refractivity contribution in [2.75, 3.05) is 26.2 Å². The van der Waals surface area contributed by atoms with Gasteiger partial charge in [0.25, 0.3) is 5.91 Å². The highest BCUT2D eigenvalue weighted by molar-refractivity contribution is 5.94. The molecule has 0 spiro atoms. The van der Waals surface area contributed by atoms with Crippen molar-refractivity contribution in [1.29, 1.82) is 0 Å². The molecule has 1 aliphatic heterocycles. The Hall–Kier alpha value is -2.33. The van der Waals surface area contributed by atoms with Crippen LogP contribution in [0.25, 0.3) is 0 Å². The number of unbranched alkanes of at least 4 members (excludes halogenated alkanes) is 1. The second-order valence-corrected chi connectivity index (χ2v) is 7.96. The first-order chi connectivity index (χ1) is 14.2. The predicted molar refractivity (Wildman–Crippen MR) is 119 cm³/mol. The van der Waals surface area contributed by atoms with Gasteiger partial charge in [0.2, 0.25) is 0 Å². The summed E-state index contributed by atoms with van der Waals surface area (Å²) in [4.78, 5) is 15.3. The lowest BCUT2D eigenvalue weighted by Gasteiger charge is -2.35. The lowest BCUT2D eigenvalue weighted by atomic mass is 10.0. The number of benzene rings is 2. The van der Waals surface area contributed by atoms with Crippen LogP contribution in [0, 0.1) is 6.92 Å². The second-order valence-electron chi connectivity index (χ2n) is 7.96. The first-order valence-corrected chi connectivity index (χ1v) is 11.0. The molecule has 0 aromatic heterocycles. The number of carbonyl (C=O) groups excluding carboxylic acids is 1. The number of amides is 1. The zero-order valence-electron chi connectivity index (χ0n) is 17.8. The van der Waals surface area contributed by atoms with Crippen LogP contribution in [0.5, 0.6) is 5.75 Å². The number of carbonyl (C=O) groups is 1. The molecule has 2 aromatic rings. The van der Waals surface area contributed by atoms with Crippen molar-refractivity contribution in [3.8, 4) is 5.75 Å². The molecule has 0 aliphatic carbocycles. The molecule has 4 heteroatoms. The standard InChI is InChI=1S/C25H34N2O2/c1-3-4-17-29-23-10-8-9-22(18-23)25(28)26-19-24(27-15-6-5-7-16-27)21-13-11-20(2)12-14-21/h8-14,18,24H,3-7,15-17,19H2,1-2H3,(H,26,28)/t24-/m0/s1. The van der Waals surface area contributed by atoms with Crippen LogP contribution in [0.1, 0.15) is 66.6 Å². The van der Waals surface area contributed by atoms with Crippen LogP contribution >= 0.6 is 0 Å². The van der Waals surface area contributed by atoms with Gasteiger partial charge < -0.3 is 10.1 Å². The van der Waals surface area contributed by atoms with Crippen molar-refractivity contribution in [2.24, 2.45) is 0 Å². The van der Waals surface area contributed by atoms with E-state index in [4.69, 9.17) is 4.74 Å². The molecule has 156 valence electrons. The van der Waals surface area contributed by atoms with Crippen molar-refractivity contribution in [2.45, 2.75) is 52.0 Å². The number of nitrogens with zero attached hydrogens (tertiary/aromatic N) is 1. The van der Waals surface area contributed by atoms with Gasteiger partial charge in [0.15, 0.2) is 0 Å². The fraction of sp³-hybridized carbons (Fsp3) is 0.480. The van der Waals surface area contributed by atoms with Gasteiger partial charge in [0.1, 0.15) is 5.75 Å². The number of hydrogen-bond donors (Lipinski definition) is 1. The van der Waals surface area contributed by atoms with Gasteiger partial charge in [-0.1, -0.05) is 55.7 Å². The number of hydrogen-bond acceptors (Lipinski definition) is 3. The molecule has 0 unspecified atom stereocenters. The molecule has 1 aliphatic rings. The quantitative estimate of drug-likeness (QED) is 0.600. The zero-order chi connectivity index (χ0) is 20.5. The molecule has 1 fully saturated rings. The van der Waals surface area contributed by atoms with Gasteiger partial charge >= 0.3 is 0 Å². The zero-order valence-corrected chi connectivity index (χ0v) is 17.8. The summed E-state index contributed by atoms with van der Waals surface area (Å²) >= 11 is 0. The van der Waals surface area contributed by atoms with Crippen LogP contribution in [-0.4, -0.2) is 37.0 Å². The van der Waals surface area contributed by atoms with Gasteiger partial charge in [0, 0.05) is 12.1 Å². The minimum absolute atomic E-state index is 0.0416. The van der Waals surface area contributed by atoms with E-state index in [0.717, 1.165) is 31.7 Å². The summed E-state index contributed by atoms with van der Waals surface area (Å²) in [5.74, 6) is 0.720. The van der Waals surface area contributed by atoms with E-state index in [1.54, 1.807) is 0 Å². The number of ether oxygens (including phenoxy) is 1. The van der Waals surface area contributed by atoms with Gasteiger partial charge in [-0.2, -0.15) is 0 Å². The molecule has 1 heterocycles. The second kappa shape index (κ2) is 11.0. The van der Waals surface area contributed by atoms with Crippen LogP contribution in [0.3, 0.4) is 0 Å². The molecule has 0 radical (unpaired) electrons. The molecule has 1 N–H and O–H groups in total. The van der Waals surface area contributed by atoms with Crippen molar-refractivity contribution in [3.05, 3.63) is 65.2 Å². The van der Waals surface area contributed by atoms with E-state index in [9.17, 15) is 4.79 Å². The lowest BCUT2D eigenvalue weighted by Crippen LogP contribution is -2.40. The van der Waals surface area contributed by atoms with Crippen LogP contribution in [0.4, 0.5) is 0 Å². The van der Waals surface area contributed by atoms with E-state index in [0.29, 0.717) is 18.7 Å². The molecule has 2 aromatic carbocycles. The van der Waals surface area contributed by atoms with Gasteiger partial charge in [0.05, 0.1) is 12.6 Å². The number of piperidine rings is 1. The third-order valence-corrected chi connectivity index (χ3v) is 5.61. The van der Waals surface area contributed by atoms with Gasteiger partial charge in [-0.25, -0.2) is 0 Å². The molecule has 4 nitrogen and oxygen atoms in total. The summed E-state index contributed by atoms with van der Waals surface area (Å²) in [5, 5.41) is 3.17. The Balaban J connectivity index is 1.66. The summed E-state index contributed by atoms with van der Waals surface area (Å²) in [6.45, 7) is 7.73. The van der Waals surface area contributed by atoms with Crippen LogP contribution in [0.15, 0.2) is 48.5 Å². The molecule has 1 amide bonds. The largest absolute Gasteiger partial charge is 0.494 e. The molecule has 1 saturated heterocycles. The van der Waals surface area contributed by atoms with Crippen molar-refractivity contribution >= 4 is 5.91 Å². The highest BCUT2D eigenvalue weighted by atomic mass is 16.5. The van der Waals surface area contributed by atoms with Crippen molar-refractivity contribution in [3.63, 3.8) is 0 Å². The molecule has 3 rings (SSSR count). The van der Waals surface area contributed by atoms with Gasteiger partial charge in [-0.3, -0.25) is 9.69 Å². The van der Waals surface area contributed by atoms with Crippen molar-refractivity contribution in [1.82, 2.24) is 10.2 Å². The number of likely N-dealkylation sites (tertiary alicyclic amines) is 1. The van der Waals surface area contributed by atoms with Crippen molar-refractivity contribution < 1.29 is 9.53 Å². The Morgan fingerprint density at radius 3 is 2.59 bits per heavy atom. The third-order valence-electron chi connectivity index (χ3n) is 5.61. The maximum Gasteiger partial charge on any atom is 0.251 e. The normalized spacial score (nSPS) is 15.7. The molecular weight excluding hydrogens is 360 g/mol. The van der Waals surface area contributed by atoms with E-state index >= 15 is 0 Å². The SMILES string of the molecule is CCCCOc1cccc(C(=O)NC[C@@H](c2ccc(C)cc2)N2CCCCC2)c1. The summed E-state index contributed by atoms with van der Waals surface area (Å²) in [6, 6.07) is 16.4. The first-order valence-electron chi connectivity index (χ1n) is 11.0. The Morgan fingerprint density at radius 1 is 1.10 bits per heavy atom. The highest BCUT2D eigenvalue weighted by Gasteiger charge is 2.23. The fourth-order valence-electron chi connectivity index (χ4n) is 3.83. The predicted octanol–water partition coefficient (Wildman–Crippen LogP) is 5.13. The number of rotatable bonds is 9. The van der Waals surface area contributed by atoms with E-state index in [-0.39, 0.29) is 11.9 Å². The third kappa shape index (κ3) is 6.33. The topological polar surface area (TPSA) is 41.6 Å². The van der Waals surface area contributed by atoms with Crippen LogP contribution in [-0.2, 0) is 0 Å². The summed E-state index contributed by atoms with van der Waals surface area (Å²) in [6.07, 6.45) is 5.87. The minimum atomic E-state index is -0.0416. The lowest BCUT2D eigenvalue weighted by molar-refractivity contribution is 0.0924. The molecule has 0 bridgehead atoms. The van der Waals surface area contributed by atoms with E-state index in [1.807, 2.05) is 24.3 Å². The van der Waals surface area contributed by atoms with Gasteiger partial charge in [-0.05, 0) is 63.0 Å². The maximum atomic E-state index is 12.8. The molecule has 0 saturated carbocycles.